The molecule has 2 atom stereocenters. The molecule has 0 bridgehead atoms. The van der Waals surface area contributed by atoms with Gasteiger partial charge in [0.2, 0.25) is 5.91 Å². The number of nitrogens with one attached hydrogen (secondary N) is 1. The number of hydrogen-bond donors (Lipinski definition) is 1. The first-order valence-corrected chi connectivity index (χ1v) is 11.4. The summed E-state index contributed by atoms with van der Waals surface area (Å²) in [6, 6.07) is 5.06. The minimum Gasteiger partial charge on any atom is -0.493 e. The second-order valence-corrected chi connectivity index (χ2v) is 8.80. The molecule has 0 spiro atoms. The number of ketones is 1. The topological polar surface area (TPSA) is 91.4 Å². The minimum absolute atomic E-state index is 0.0324. The molecule has 9 nitrogen and oxygen atoms in total. The van der Waals surface area contributed by atoms with Gasteiger partial charge in [-0.3, -0.25) is 9.59 Å². The summed E-state index contributed by atoms with van der Waals surface area (Å²) in [5.41, 5.74) is 2.30. The van der Waals surface area contributed by atoms with Gasteiger partial charge in [0.1, 0.15) is 5.78 Å². The zero-order valence-electron chi connectivity index (χ0n) is 20.8. The smallest absolute Gasteiger partial charge is 0.321 e. The van der Waals surface area contributed by atoms with Crippen LogP contribution in [-0.2, 0) is 9.59 Å². The summed E-state index contributed by atoms with van der Waals surface area (Å²) in [5.74, 6) is 0.922. The van der Waals surface area contributed by atoms with Gasteiger partial charge in [0, 0.05) is 58.6 Å². The molecule has 1 aromatic rings. The van der Waals surface area contributed by atoms with Crippen molar-refractivity contribution >= 4 is 17.7 Å². The fraction of sp³-hybridized carbons (Fsp3) is 0.480. The summed E-state index contributed by atoms with van der Waals surface area (Å²) in [6.07, 6.45) is 4.15. The molecule has 9 heteroatoms. The monoisotopic (exact) mass is 470 g/mol. The highest BCUT2D eigenvalue weighted by Crippen LogP contribution is 2.40. The lowest BCUT2D eigenvalue weighted by molar-refractivity contribution is -0.129. The third-order valence-electron chi connectivity index (χ3n) is 6.07. The van der Waals surface area contributed by atoms with E-state index in [9.17, 15) is 14.4 Å². The van der Waals surface area contributed by atoms with Crippen LogP contribution in [0.5, 0.6) is 11.5 Å². The summed E-state index contributed by atoms with van der Waals surface area (Å²) >= 11 is 0. The van der Waals surface area contributed by atoms with Gasteiger partial charge in [-0.1, -0.05) is 12.1 Å². The Morgan fingerprint density at radius 1 is 1.18 bits per heavy atom. The zero-order chi connectivity index (χ0) is 25.0. The quantitative estimate of drug-likeness (QED) is 0.628. The standard InChI is InChI=1S/C25H34N4O5/c1-7-34-23-12-16(8-11-22(23)33-6)20(13-24(31)27(2)3)29-14-17-18(15-29)21(30)10-9-19(17)26-25(32)28(4)5/h8-9,11-12,14,18,20H,7,10,13,15H2,1-6H3,(H,26,32)/t18?,20-/m1/s1. The minimum atomic E-state index is -0.357. The molecule has 0 radical (unpaired) electrons. The summed E-state index contributed by atoms with van der Waals surface area (Å²) < 4.78 is 11.2. The van der Waals surface area contributed by atoms with Crippen LogP contribution in [0.1, 0.15) is 31.4 Å². The van der Waals surface area contributed by atoms with Gasteiger partial charge in [0.25, 0.3) is 0 Å². The molecule has 3 rings (SSSR count). The van der Waals surface area contributed by atoms with Crippen LogP contribution in [0.25, 0.3) is 0 Å². The Balaban J connectivity index is 1.99. The van der Waals surface area contributed by atoms with E-state index < -0.39 is 0 Å². The van der Waals surface area contributed by atoms with Gasteiger partial charge in [-0.2, -0.15) is 0 Å². The van der Waals surface area contributed by atoms with Crippen LogP contribution in [0.15, 0.2) is 41.7 Å². The van der Waals surface area contributed by atoms with Crippen LogP contribution in [0, 0.1) is 5.92 Å². The van der Waals surface area contributed by atoms with E-state index in [0.29, 0.717) is 30.3 Å². The molecule has 0 aromatic heterocycles. The van der Waals surface area contributed by atoms with Gasteiger partial charge in [-0.15, -0.1) is 0 Å². The lowest BCUT2D eigenvalue weighted by Gasteiger charge is -2.30. The van der Waals surface area contributed by atoms with E-state index in [2.05, 4.69) is 5.32 Å². The molecule has 3 amide bonds. The van der Waals surface area contributed by atoms with E-state index in [1.54, 1.807) is 46.3 Å². The van der Waals surface area contributed by atoms with Crippen molar-refractivity contribution in [2.24, 2.45) is 5.92 Å². The summed E-state index contributed by atoms with van der Waals surface area (Å²) in [7, 11) is 8.37. The molecular formula is C25H34N4O5. The third-order valence-corrected chi connectivity index (χ3v) is 6.07. The molecular weight excluding hydrogens is 436 g/mol. The van der Waals surface area contributed by atoms with E-state index in [1.165, 1.54) is 4.90 Å². The molecule has 1 aliphatic heterocycles. The average Bonchev–Trinajstić information content (AvgIpc) is 3.25. The number of fused-ring (bicyclic) bond motifs is 1. The number of amides is 3. The SMILES string of the molecule is CCOc1cc([C@@H](CC(=O)N(C)C)N2C=C3C(NC(=O)N(C)C)=CCC(=O)C3C2)ccc1OC. The van der Waals surface area contributed by atoms with Crippen molar-refractivity contribution in [2.75, 3.05) is 48.5 Å². The number of benzene rings is 1. The Morgan fingerprint density at radius 2 is 1.91 bits per heavy atom. The van der Waals surface area contributed by atoms with Crippen molar-refractivity contribution in [2.45, 2.75) is 25.8 Å². The Bertz CT molecular complexity index is 1010. The molecule has 1 aromatic carbocycles. The van der Waals surface area contributed by atoms with Crippen molar-refractivity contribution in [1.82, 2.24) is 20.0 Å². The molecule has 0 fully saturated rings. The van der Waals surface area contributed by atoms with Crippen molar-refractivity contribution in [3.63, 3.8) is 0 Å². The molecule has 1 N–H and O–H groups in total. The van der Waals surface area contributed by atoms with Gasteiger partial charge in [-0.05, 0) is 24.6 Å². The van der Waals surface area contributed by atoms with Crippen LogP contribution < -0.4 is 14.8 Å². The summed E-state index contributed by atoms with van der Waals surface area (Å²) in [5, 5.41) is 2.90. The first kappa shape index (κ1) is 25.1. The van der Waals surface area contributed by atoms with Crippen LogP contribution in [0.2, 0.25) is 0 Å². The lowest BCUT2D eigenvalue weighted by atomic mass is 9.88. The number of carbonyl (C=O) groups excluding carboxylic acids is 3. The second kappa shape index (κ2) is 10.6. The summed E-state index contributed by atoms with van der Waals surface area (Å²) in [6.45, 7) is 2.81. The molecule has 1 aliphatic carbocycles. The lowest BCUT2D eigenvalue weighted by Crippen LogP contribution is -2.37. The zero-order valence-corrected chi connectivity index (χ0v) is 20.8. The highest BCUT2D eigenvalue weighted by Gasteiger charge is 2.38. The van der Waals surface area contributed by atoms with E-state index in [-0.39, 0.29) is 42.5 Å². The normalized spacial score (nSPS) is 17.9. The maximum Gasteiger partial charge on any atom is 0.321 e. The van der Waals surface area contributed by atoms with Crippen LogP contribution in [-0.4, -0.2) is 80.9 Å². The van der Waals surface area contributed by atoms with Crippen molar-refractivity contribution in [3.05, 3.63) is 47.3 Å². The fourth-order valence-electron chi connectivity index (χ4n) is 4.14. The fourth-order valence-corrected chi connectivity index (χ4v) is 4.14. The Kier molecular flexibility index (Phi) is 7.86. The van der Waals surface area contributed by atoms with E-state index in [1.807, 2.05) is 36.2 Å². The molecule has 0 saturated heterocycles. The number of urea groups is 1. The molecule has 1 heterocycles. The van der Waals surface area contributed by atoms with Crippen LogP contribution >= 0.6 is 0 Å². The average molecular weight is 471 g/mol. The van der Waals surface area contributed by atoms with Crippen molar-refractivity contribution < 1.29 is 23.9 Å². The molecule has 34 heavy (non-hydrogen) atoms. The number of Topliss-reactive ketones (excluding diaryl/α,β-unsaturated/α-hetero) is 1. The Labute approximate surface area is 201 Å². The van der Waals surface area contributed by atoms with E-state index >= 15 is 0 Å². The van der Waals surface area contributed by atoms with Gasteiger partial charge in [-0.25, -0.2) is 4.79 Å². The maximum absolute atomic E-state index is 12.8. The Morgan fingerprint density at radius 3 is 2.53 bits per heavy atom. The van der Waals surface area contributed by atoms with Gasteiger partial charge < -0.3 is 29.5 Å². The second-order valence-electron chi connectivity index (χ2n) is 8.80. The van der Waals surface area contributed by atoms with Crippen LogP contribution in [0.3, 0.4) is 0 Å². The number of allylic oxidation sites excluding steroid dienone is 2. The largest absolute Gasteiger partial charge is 0.493 e. The highest BCUT2D eigenvalue weighted by molar-refractivity contribution is 5.90. The predicted octanol–water partition coefficient (Wildman–Crippen LogP) is 2.56. The van der Waals surface area contributed by atoms with Crippen molar-refractivity contribution in [3.8, 4) is 11.5 Å². The number of hydrogen-bond acceptors (Lipinski definition) is 6. The van der Waals surface area contributed by atoms with Crippen molar-refractivity contribution in [1.29, 1.82) is 0 Å². The van der Waals surface area contributed by atoms with E-state index in [4.69, 9.17) is 9.47 Å². The number of rotatable bonds is 8. The first-order chi connectivity index (χ1) is 16.2. The molecule has 1 unspecified atom stereocenters. The van der Waals surface area contributed by atoms with E-state index in [0.717, 1.165) is 11.1 Å². The number of carbonyl (C=O) groups is 3. The number of ether oxygens (including phenoxy) is 2. The van der Waals surface area contributed by atoms with Gasteiger partial charge >= 0.3 is 6.03 Å². The molecule has 0 saturated carbocycles. The van der Waals surface area contributed by atoms with Crippen LogP contribution in [0.4, 0.5) is 4.79 Å². The first-order valence-electron chi connectivity index (χ1n) is 11.4. The molecule has 184 valence electrons. The summed E-state index contributed by atoms with van der Waals surface area (Å²) in [4.78, 5) is 42.8. The Hall–Kier alpha value is -3.49. The molecule has 2 aliphatic rings. The number of methoxy groups -OCH3 is 1. The van der Waals surface area contributed by atoms with Gasteiger partial charge in [0.15, 0.2) is 11.5 Å². The van der Waals surface area contributed by atoms with Gasteiger partial charge in [0.05, 0.1) is 32.1 Å². The highest BCUT2D eigenvalue weighted by atomic mass is 16.5. The predicted molar refractivity (Wildman–Crippen MR) is 128 cm³/mol. The maximum atomic E-state index is 12.8. The third kappa shape index (κ3) is 5.35. The number of nitrogens with zero attached hydrogens (tertiary/aromatic N) is 3.